The minimum Gasteiger partial charge on any atom is -0.494 e. The van der Waals surface area contributed by atoms with E-state index < -0.39 is 5.54 Å². The first-order valence-electron chi connectivity index (χ1n) is 17.1. The van der Waals surface area contributed by atoms with Gasteiger partial charge in [-0.2, -0.15) is 0 Å². The molecule has 7 nitrogen and oxygen atoms in total. The third-order valence-electron chi connectivity index (χ3n) is 9.57. The molecule has 0 aliphatic carbocycles. The minimum absolute atomic E-state index is 0.181. The highest BCUT2D eigenvalue weighted by atomic mass is 32.1. The Kier molecular flexibility index (Phi) is 8.98. The number of thiazole rings is 2. The first kappa shape index (κ1) is 32.7. The predicted octanol–water partition coefficient (Wildman–Crippen LogP) is 9.99. The largest absolute Gasteiger partial charge is 0.494 e. The van der Waals surface area contributed by atoms with Crippen LogP contribution >= 0.6 is 22.7 Å². The Labute approximate surface area is 305 Å². The van der Waals surface area contributed by atoms with Crippen molar-refractivity contribution in [2.45, 2.75) is 25.3 Å². The monoisotopic (exact) mass is 707 g/mol. The van der Waals surface area contributed by atoms with Crippen molar-refractivity contribution in [3.63, 3.8) is 0 Å². The molecule has 1 amide bonds. The van der Waals surface area contributed by atoms with E-state index >= 15 is 0 Å². The minimum atomic E-state index is -0.694. The van der Waals surface area contributed by atoms with Crippen LogP contribution in [0.2, 0.25) is 0 Å². The number of hydrogen-bond donors (Lipinski definition) is 2. The second kappa shape index (κ2) is 14.0. The highest BCUT2D eigenvalue weighted by Crippen LogP contribution is 2.44. The van der Waals surface area contributed by atoms with Crippen LogP contribution in [0.1, 0.15) is 45.5 Å². The smallest absolute Gasteiger partial charge is 0.257 e. The van der Waals surface area contributed by atoms with E-state index in [2.05, 4.69) is 99.8 Å². The van der Waals surface area contributed by atoms with Gasteiger partial charge in [-0.05, 0) is 72.4 Å². The van der Waals surface area contributed by atoms with E-state index in [-0.39, 0.29) is 5.91 Å². The van der Waals surface area contributed by atoms with Gasteiger partial charge in [-0.3, -0.25) is 10.1 Å². The molecule has 0 radical (unpaired) electrons. The Morgan fingerprint density at radius 3 is 2.00 bits per heavy atom. The zero-order valence-corrected chi connectivity index (χ0v) is 30.1. The number of aromatic nitrogens is 2. The van der Waals surface area contributed by atoms with Gasteiger partial charge in [0.2, 0.25) is 0 Å². The van der Waals surface area contributed by atoms with Gasteiger partial charge in [0.25, 0.3) is 5.91 Å². The molecule has 1 saturated heterocycles. The number of anilines is 3. The highest BCUT2D eigenvalue weighted by molar-refractivity contribution is 7.23. The highest BCUT2D eigenvalue weighted by Gasteiger charge is 2.37. The fourth-order valence-corrected chi connectivity index (χ4v) is 8.80. The Hall–Kier alpha value is -5.51. The lowest BCUT2D eigenvalue weighted by Gasteiger charge is -2.36. The summed E-state index contributed by atoms with van der Waals surface area (Å²) in [7, 11) is 1.64. The van der Waals surface area contributed by atoms with Crippen LogP contribution in [0.5, 0.6) is 5.75 Å². The van der Waals surface area contributed by atoms with Crippen molar-refractivity contribution in [1.82, 2.24) is 9.97 Å². The summed E-state index contributed by atoms with van der Waals surface area (Å²) in [5, 5.41) is 10.3. The molecule has 0 atom stereocenters. The second-order valence-corrected chi connectivity index (χ2v) is 14.5. The molecule has 1 aliphatic rings. The van der Waals surface area contributed by atoms with Crippen LogP contribution in [0.4, 0.5) is 16.0 Å². The first-order chi connectivity index (χ1) is 25.0. The quantitative estimate of drug-likeness (QED) is 0.138. The molecule has 1 aliphatic heterocycles. The van der Waals surface area contributed by atoms with Crippen LogP contribution in [0.25, 0.3) is 21.5 Å². The van der Waals surface area contributed by atoms with Crippen molar-refractivity contribution in [1.29, 1.82) is 0 Å². The number of ether oxygens (including phenoxy) is 1. The van der Waals surface area contributed by atoms with Crippen molar-refractivity contribution in [3.8, 4) is 17.0 Å². The lowest BCUT2D eigenvalue weighted by molar-refractivity contribution is 0.102. The molecular formula is C42H37N5O2S2. The van der Waals surface area contributed by atoms with Crippen LogP contribution < -0.4 is 20.3 Å². The van der Waals surface area contributed by atoms with Crippen molar-refractivity contribution < 1.29 is 9.53 Å². The van der Waals surface area contributed by atoms with Crippen molar-refractivity contribution >= 4 is 54.7 Å². The van der Waals surface area contributed by atoms with Crippen molar-refractivity contribution in [2.75, 3.05) is 35.7 Å². The van der Waals surface area contributed by atoms with Crippen molar-refractivity contribution in [2.24, 2.45) is 0 Å². The summed E-state index contributed by atoms with van der Waals surface area (Å²) >= 11 is 2.98. The predicted molar refractivity (Wildman–Crippen MR) is 211 cm³/mol. The SMILES string of the molecule is COc1ccc(-c2csc(NC(c3ccccc3)(c3ccccc3)c3ccccc3)n2)c2sc(NC(=O)c3ccc(N4CCCC4)cc3C)nc12. The molecule has 8 rings (SSSR count). The van der Waals surface area contributed by atoms with Gasteiger partial charge in [-0.15, -0.1) is 11.3 Å². The number of hydrogen-bond acceptors (Lipinski definition) is 8. The summed E-state index contributed by atoms with van der Waals surface area (Å²) in [6, 6.07) is 41.5. The Morgan fingerprint density at radius 2 is 1.41 bits per heavy atom. The normalized spacial score (nSPS) is 13.0. The van der Waals surface area contributed by atoms with E-state index in [0.717, 1.165) is 56.4 Å². The maximum atomic E-state index is 13.5. The Morgan fingerprint density at radius 1 is 0.784 bits per heavy atom. The first-order valence-corrected chi connectivity index (χ1v) is 18.8. The Bertz CT molecular complexity index is 2200. The van der Waals surface area contributed by atoms with E-state index in [1.165, 1.54) is 29.9 Å². The van der Waals surface area contributed by atoms with E-state index in [0.29, 0.717) is 22.0 Å². The van der Waals surface area contributed by atoms with E-state index in [9.17, 15) is 4.79 Å². The zero-order valence-electron chi connectivity index (χ0n) is 28.4. The number of carbonyl (C=O) groups excluding carboxylic acids is 1. The summed E-state index contributed by atoms with van der Waals surface area (Å²) in [5.41, 5.74) is 7.79. The van der Waals surface area contributed by atoms with Gasteiger partial charge < -0.3 is 15.0 Å². The summed E-state index contributed by atoms with van der Waals surface area (Å²) in [6.45, 7) is 4.11. The van der Waals surface area contributed by atoms with Crippen molar-refractivity contribution in [3.05, 3.63) is 155 Å². The standard InChI is InChI=1S/C42H37N5O2S2/c1-28-26-32(47-24-12-13-25-47)20-21-33(28)39(48)45-40-44-37-36(49-2)23-22-34(38(37)51-40)35-27-50-41(43-35)46-42(29-14-6-3-7-15-29,30-16-8-4-9-17-30)31-18-10-5-11-19-31/h3-11,14-23,26-27H,12-13,24-25H2,1-2H3,(H,43,46)(H,44,45,48). The number of nitrogens with zero attached hydrogens (tertiary/aromatic N) is 3. The average Bonchev–Trinajstić information content (AvgIpc) is 3.97. The summed E-state index contributed by atoms with van der Waals surface area (Å²) < 4.78 is 6.61. The van der Waals surface area contributed by atoms with E-state index in [4.69, 9.17) is 14.7 Å². The van der Waals surface area contributed by atoms with E-state index in [1.807, 2.05) is 49.4 Å². The van der Waals surface area contributed by atoms with Crippen LogP contribution in [0, 0.1) is 6.92 Å². The van der Waals surface area contributed by atoms with Gasteiger partial charge in [0.15, 0.2) is 10.3 Å². The summed E-state index contributed by atoms with van der Waals surface area (Å²) in [5.74, 6) is 0.459. The molecule has 0 saturated carbocycles. The number of aryl methyl sites for hydroxylation is 1. The number of fused-ring (bicyclic) bond motifs is 1. The van der Waals surface area contributed by atoms with Gasteiger partial charge in [-0.25, -0.2) is 9.97 Å². The number of amides is 1. The molecule has 2 N–H and O–H groups in total. The molecule has 3 heterocycles. The number of carbonyl (C=O) groups is 1. The molecule has 51 heavy (non-hydrogen) atoms. The molecule has 2 aromatic heterocycles. The fraction of sp³-hybridized carbons (Fsp3) is 0.167. The topological polar surface area (TPSA) is 79.4 Å². The zero-order chi connectivity index (χ0) is 34.8. The van der Waals surface area contributed by atoms with Crippen LogP contribution in [-0.2, 0) is 5.54 Å². The number of methoxy groups -OCH3 is 1. The third-order valence-corrected chi connectivity index (χ3v) is 11.3. The molecule has 0 bridgehead atoms. The molecule has 0 unspecified atom stereocenters. The van der Waals surface area contributed by atoms with Crippen LogP contribution in [0.3, 0.4) is 0 Å². The number of benzene rings is 5. The molecule has 7 aromatic rings. The summed E-state index contributed by atoms with van der Waals surface area (Å²) in [4.78, 5) is 25.9. The second-order valence-electron chi connectivity index (χ2n) is 12.7. The summed E-state index contributed by atoms with van der Waals surface area (Å²) in [6.07, 6.45) is 2.41. The lowest BCUT2D eigenvalue weighted by Crippen LogP contribution is -2.38. The molecule has 5 aromatic carbocycles. The maximum Gasteiger partial charge on any atom is 0.257 e. The third kappa shape index (κ3) is 6.24. The van der Waals surface area contributed by atoms with Crippen LogP contribution in [0.15, 0.2) is 127 Å². The molecule has 9 heteroatoms. The van der Waals surface area contributed by atoms with Gasteiger partial charge in [-0.1, -0.05) is 102 Å². The van der Waals surface area contributed by atoms with Gasteiger partial charge in [0, 0.05) is 35.3 Å². The Balaban J connectivity index is 1.14. The van der Waals surface area contributed by atoms with Gasteiger partial charge in [0.05, 0.1) is 17.5 Å². The van der Waals surface area contributed by atoms with Gasteiger partial charge >= 0.3 is 0 Å². The van der Waals surface area contributed by atoms with Gasteiger partial charge in [0.1, 0.15) is 16.8 Å². The molecular weight excluding hydrogens is 671 g/mol. The number of nitrogens with one attached hydrogen (secondary N) is 2. The van der Waals surface area contributed by atoms with E-state index in [1.54, 1.807) is 18.4 Å². The number of rotatable bonds is 10. The molecule has 254 valence electrons. The average molecular weight is 708 g/mol. The molecule has 1 fully saturated rings. The van der Waals surface area contributed by atoms with Crippen LogP contribution in [-0.4, -0.2) is 36.1 Å². The molecule has 0 spiro atoms. The maximum absolute atomic E-state index is 13.5. The lowest BCUT2D eigenvalue weighted by atomic mass is 9.77. The fourth-order valence-electron chi connectivity index (χ4n) is 7.04.